The molecular formula is C12H10F2N2O4S. The summed E-state index contributed by atoms with van der Waals surface area (Å²) in [5, 5.41) is 12.7. The average Bonchev–Trinajstić information content (AvgIpc) is 2.74. The van der Waals surface area contributed by atoms with E-state index in [0.29, 0.717) is 12.1 Å². The molecule has 9 heteroatoms. The van der Waals surface area contributed by atoms with Crippen molar-refractivity contribution in [1.29, 1.82) is 0 Å². The standard InChI is InChI=1S/C12H10F2N2O4S/c1-16-11(8(5-15-16)12(17)18)6-21(19,20)7-2-3-9(13)10(14)4-7/h2-5H,6H2,1H3,(H,17,18). The third-order valence-corrected chi connectivity index (χ3v) is 4.49. The van der Waals surface area contributed by atoms with Gasteiger partial charge in [0, 0.05) is 7.05 Å². The van der Waals surface area contributed by atoms with Gasteiger partial charge in [0.25, 0.3) is 0 Å². The van der Waals surface area contributed by atoms with E-state index in [1.807, 2.05) is 0 Å². The van der Waals surface area contributed by atoms with Crippen molar-refractivity contribution in [1.82, 2.24) is 9.78 Å². The van der Waals surface area contributed by atoms with Crippen LogP contribution in [0.4, 0.5) is 8.78 Å². The summed E-state index contributed by atoms with van der Waals surface area (Å²) in [6.45, 7) is 0. The van der Waals surface area contributed by atoms with Crippen LogP contribution in [0.15, 0.2) is 29.3 Å². The molecule has 0 saturated carbocycles. The topological polar surface area (TPSA) is 89.3 Å². The maximum Gasteiger partial charge on any atom is 0.339 e. The minimum atomic E-state index is -4.03. The number of rotatable bonds is 4. The Kier molecular flexibility index (Phi) is 3.77. The Morgan fingerprint density at radius 3 is 2.57 bits per heavy atom. The van der Waals surface area contributed by atoms with E-state index in [0.717, 1.165) is 16.9 Å². The average molecular weight is 316 g/mol. The summed E-state index contributed by atoms with van der Waals surface area (Å²) in [5.41, 5.74) is -0.309. The van der Waals surface area contributed by atoms with E-state index < -0.39 is 38.1 Å². The van der Waals surface area contributed by atoms with E-state index in [2.05, 4.69) is 5.10 Å². The number of benzene rings is 1. The smallest absolute Gasteiger partial charge is 0.339 e. The first-order chi connectivity index (χ1) is 9.72. The summed E-state index contributed by atoms with van der Waals surface area (Å²) in [4.78, 5) is 10.6. The second-order valence-corrected chi connectivity index (χ2v) is 6.26. The van der Waals surface area contributed by atoms with Gasteiger partial charge in [-0.25, -0.2) is 22.0 Å². The third kappa shape index (κ3) is 2.92. The van der Waals surface area contributed by atoms with Crippen LogP contribution in [0.5, 0.6) is 0 Å². The minimum Gasteiger partial charge on any atom is -0.478 e. The number of aromatic nitrogens is 2. The van der Waals surface area contributed by atoms with E-state index in [1.165, 1.54) is 7.05 Å². The minimum absolute atomic E-state index is 0.0489. The summed E-state index contributed by atoms with van der Waals surface area (Å²) in [6.07, 6.45) is 1.03. The Morgan fingerprint density at radius 1 is 1.33 bits per heavy atom. The number of nitrogens with zero attached hydrogens (tertiary/aromatic N) is 2. The van der Waals surface area contributed by atoms with E-state index in [-0.39, 0.29) is 11.3 Å². The van der Waals surface area contributed by atoms with Gasteiger partial charge in [0.2, 0.25) is 0 Å². The largest absolute Gasteiger partial charge is 0.478 e. The van der Waals surface area contributed by atoms with Gasteiger partial charge in [-0.05, 0) is 18.2 Å². The highest BCUT2D eigenvalue weighted by Crippen LogP contribution is 2.20. The molecule has 0 radical (unpaired) electrons. The lowest BCUT2D eigenvalue weighted by atomic mass is 10.3. The zero-order valence-electron chi connectivity index (χ0n) is 10.7. The molecule has 0 atom stereocenters. The molecule has 2 aromatic rings. The fourth-order valence-corrected chi connectivity index (χ4v) is 3.17. The Morgan fingerprint density at radius 2 is 2.00 bits per heavy atom. The number of carbonyl (C=O) groups is 1. The van der Waals surface area contributed by atoms with Crippen LogP contribution in [0, 0.1) is 11.6 Å². The van der Waals surface area contributed by atoms with Crippen molar-refractivity contribution in [3.05, 3.63) is 47.3 Å². The fourth-order valence-electron chi connectivity index (χ4n) is 1.75. The highest BCUT2D eigenvalue weighted by atomic mass is 32.2. The Labute approximate surface area is 118 Å². The summed E-state index contributed by atoms with van der Waals surface area (Å²) < 4.78 is 51.4. The zero-order valence-corrected chi connectivity index (χ0v) is 11.6. The molecule has 0 aliphatic carbocycles. The molecule has 6 nitrogen and oxygen atoms in total. The van der Waals surface area contributed by atoms with Crippen LogP contribution < -0.4 is 0 Å². The Bertz CT molecular complexity index is 815. The summed E-state index contributed by atoms with van der Waals surface area (Å²) in [5.74, 6) is -4.46. The Balaban J connectivity index is 2.44. The van der Waals surface area contributed by atoms with Crippen molar-refractivity contribution in [2.75, 3.05) is 0 Å². The first-order valence-corrected chi connectivity index (χ1v) is 7.29. The molecule has 0 fully saturated rings. The van der Waals surface area contributed by atoms with E-state index in [1.54, 1.807) is 0 Å². The third-order valence-electron chi connectivity index (χ3n) is 2.87. The van der Waals surface area contributed by atoms with E-state index >= 15 is 0 Å². The van der Waals surface area contributed by atoms with Crippen molar-refractivity contribution in [2.45, 2.75) is 10.6 Å². The quantitative estimate of drug-likeness (QED) is 0.861. The van der Waals surface area contributed by atoms with Crippen LogP contribution >= 0.6 is 0 Å². The number of halogens is 2. The van der Waals surface area contributed by atoms with Crippen LogP contribution in [0.3, 0.4) is 0 Å². The monoisotopic (exact) mass is 316 g/mol. The second-order valence-electron chi connectivity index (χ2n) is 4.27. The number of carboxylic acids is 1. The molecule has 0 unspecified atom stereocenters. The summed E-state index contributed by atoms with van der Waals surface area (Å²) >= 11 is 0. The normalized spacial score (nSPS) is 11.6. The van der Waals surface area contributed by atoms with Gasteiger partial charge >= 0.3 is 5.97 Å². The van der Waals surface area contributed by atoms with Crippen LogP contribution in [0.1, 0.15) is 16.1 Å². The number of carboxylic acid groups (broad SMARTS) is 1. The van der Waals surface area contributed by atoms with Crippen LogP contribution in [0.2, 0.25) is 0 Å². The molecule has 0 spiro atoms. The molecule has 1 aromatic carbocycles. The number of hydrogen-bond acceptors (Lipinski definition) is 4. The number of aryl methyl sites for hydroxylation is 1. The molecule has 1 N–H and O–H groups in total. The van der Waals surface area contributed by atoms with Crippen LogP contribution in [-0.4, -0.2) is 29.3 Å². The summed E-state index contributed by atoms with van der Waals surface area (Å²) in [6, 6.07) is 2.18. The lowest BCUT2D eigenvalue weighted by Crippen LogP contribution is -2.12. The molecule has 0 saturated heterocycles. The number of hydrogen-bond donors (Lipinski definition) is 1. The fraction of sp³-hybridized carbons (Fsp3) is 0.167. The van der Waals surface area contributed by atoms with Crippen molar-refractivity contribution < 1.29 is 27.1 Å². The molecule has 112 valence electrons. The number of aromatic carboxylic acids is 1. The molecule has 0 aliphatic heterocycles. The highest BCUT2D eigenvalue weighted by molar-refractivity contribution is 7.90. The molecule has 1 aromatic heterocycles. The Hall–Kier alpha value is -2.29. The van der Waals surface area contributed by atoms with Gasteiger partial charge in [-0.15, -0.1) is 0 Å². The van der Waals surface area contributed by atoms with Crippen molar-refractivity contribution in [3.8, 4) is 0 Å². The highest BCUT2D eigenvalue weighted by Gasteiger charge is 2.24. The second kappa shape index (κ2) is 5.24. The lowest BCUT2D eigenvalue weighted by molar-refractivity contribution is 0.0696. The lowest BCUT2D eigenvalue weighted by Gasteiger charge is -2.07. The molecule has 0 bridgehead atoms. The van der Waals surface area contributed by atoms with Crippen molar-refractivity contribution in [2.24, 2.45) is 7.05 Å². The maximum atomic E-state index is 13.1. The van der Waals surface area contributed by atoms with Gasteiger partial charge in [0.1, 0.15) is 5.56 Å². The number of sulfone groups is 1. The predicted octanol–water partition coefficient (Wildman–Crippen LogP) is 1.37. The van der Waals surface area contributed by atoms with Crippen molar-refractivity contribution >= 4 is 15.8 Å². The first kappa shape index (κ1) is 15.1. The molecule has 1 heterocycles. The molecule has 0 aliphatic rings. The summed E-state index contributed by atoms with van der Waals surface area (Å²) in [7, 11) is -2.64. The van der Waals surface area contributed by atoms with Gasteiger partial charge in [-0.1, -0.05) is 0 Å². The molecule has 2 rings (SSSR count). The maximum absolute atomic E-state index is 13.1. The van der Waals surface area contributed by atoms with Gasteiger partial charge < -0.3 is 5.11 Å². The molecule has 0 amide bonds. The van der Waals surface area contributed by atoms with Gasteiger partial charge in [0.15, 0.2) is 21.5 Å². The van der Waals surface area contributed by atoms with Gasteiger partial charge in [-0.3, -0.25) is 4.68 Å². The first-order valence-electron chi connectivity index (χ1n) is 5.64. The van der Waals surface area contributed by atoms with Gasteiger partial charge in [-0.2, -0.15) is 5.10 Å². The molecule has 21 heavy (non-hydrogen) atoms. The predicted molar refractivity (Wildman–Crippen MR) is 67.4 cm³/mol. The van der Waals surface area contributed by atoms with Crippen LogP contribution in [0.25, 0.3) is 0 Å². The SMILES string of the molecule is Cn1ncc(C(=O)O)c1CS(=O)(=O)c1ccc(F)c(F)c1. The van der Waals surface area contributed by atoms with E-state index in [9.17, 15) is 22.0 Å². The van der Waals surface area contributed by atoms with Crippen LogP contribution in [-0.2, 0) is 22.6 Å². The van der Waals surface area contributed by atoms with Gasteiger partial charge in [0.05, 0.1) is 22.5 Å². The molecular weight excluding hydrogens is 306 g/mol. The van der Waals surface area contributed by atoms with Crippen molar-refractivity contribution in [3.63, 3.8) is 0 Å². The van der Waals surface area contributed by atoms with E-state index in [4.69, 9.17) is 5.11 Å². The zero-order chi connectivity index (χ0) is 15.8.